The molecule has 12 nitrogen and oxygen atoms in total. The zero-order valence-electron chi connectivity index (χ0n) is 17.0. The standard InChI is InChI=1S/C14H8N2O4.2C4H3NO2/c17-11-5-9(13(19)15-11)7-1-2-8(4-3-7)10-6-12(18)16-14(10)20;2*6-3-1-2-4(7)5-3/h1-6H,(H,15,17,19)(H,16,18,20);2*1-2H,(H,5,6,7). The molecule has 0 saturated carbocycles. The van der Waals surface area contributed by atoms with E-state index in [2.05, 4.69) is 10.6 Å². The van der Waals surface area contributed by atoms with E-state index in [0.717, 1.165) is 0 Å². The smallest absolute Gasteiger partial charge is 0.258 e. The lowest BCUT2D eigenvalue weighted by atomic mass is 10.0. The van der Waals surface area contributed by atoms with Crippen molar-refractivity contribution in [2.45, 2.75) is 0 Å². The van der Waals surface area contributed by atoms with Crippen molar-refractivity contribution in [2.24, 2.45) is 0 Å². The summed E-state index contributed by atoms with van der Waals surface area (Å²) >= 11 is 0. The first kappa shape index (κ1) is 23.4. The molecule has 170 valence electrons. The van der Waals surface area contributed by atoms with Crippen LogP contribution in [0.2, 0.25) is 0 Å². The SMILES string of the molecule is O=C1C=C(c2ccc(C3=CC(=O)NC3=O)cc2)C(=O)N1.O=C1C=CC(=O)N1.O=C1C=CC(=O)N1. The van der Waals surface area contributed by atoms with E-state index in [0.29, 0.717) is 11.1 Å². The second kappa shape index (κ2) is 9.91. The highest BCUT2D eigenvalue weighted by Gasteiger charge is 2.24. The van der Waals surface area contributed by atoms with E-state index in [1.54, 1.807) is 24.3 Å². The third-order valence-electron chi connectivity index (χ3n) is 4.29. The maximum atomic E-state index is 11.5. The molecule has 0 fully saturated rings. The molecule has 8 amide bonds. The van der Waals surface area contributed by atoms with Crippen molar-refractivity contribution in [3.8, 4) is 0 Å². The fourth-order valence-electron chi connectivity index (χ4n) is 2.79. The van der Waals surface area contributed by atoms with Gasteiger partial charge in [0.15, 0.2) is 0 Å². The van der Waals surface area contributed by atoms with Crippen LogP contribution in [-0.4, -0.2) is 47.3 Å². The number of amides is 8. The van der Waals surface area contributed by atoms with E-state index in [9.17, 15) is 38.4 Å². The molecule has 1 aromatic rings. The molecular weight excluding hydrogens is 448 g/mol. The minimum Gasteiger partial charge on any atom is -0.289 e. The first-order valence-electron chi connectivity index (χ1n) is 9.43. The molecule has 5 rings (SSSR count). The first-order valence-corrected chi connectivity index (χ1v) is 9.43. The summed E-state index contributed by atoms with van der Waals surface area (Å²) in [6.45, 7) is 0. The molecule has 12 heteroatoms. The van der Waals surface area contributed by atoms with Crippen LogP contribution in [-0.2, 0) is 38.4 Å². The van der Waals surface area contributed by atoms with Crippen LogP contribution in [0.5, 0.6) is 0 Å². The van der Waals surface area contributed by atoms with E-state index in [4.69, 9.17) is 0 Å². The van der Waals surface area contributed by atoms with E-state index < -0.39 is 23.6 Å². The van der Waals surface area contributed by atoms with Gasteiger partial charge in [0.2, 0.25) is 0 Å². The van der Waals surface area contributed by atoms with Gasteiger partial charge in [0.05, 0.1) is 11.1 Å². The predicted octanol–water partition coefficient (Wildman–Crippen LogP) is -1.84. The molecular formula is C22H14N4O8. The molecule has 0 spiro atoms. The van der Waals surface area contributed by atoms with Crippen molar-refractivity contribution in [1.82, 2.24) is 21.3 Å². The van der Waals surface area contributed by atoms with Crippen molar-refractivity contribution in [3.05, 3.63) is 71.8 Å². The molecule has 0 aliphatic carbocycles. The maximum absolute atomic E-state index is 11.5. The van der Waals surface area contributed by atoms with Crippen LogP contribution in [0.25, 0.3) is 11.1 Å². The Morgan fingerprint density at radius 1 is 0.382 bits per heavy atom. The highest BCUT2D eigenvalue weighted by Crippen LogP contribution is 2.23. The van der Waals surface area contributed by atoms with Crippen molar-refractivity contribution >= 4 is 58.4 Å². The highest BCUT2D eigenvalue weighted by molar-refractivity contribution is 6.34. The van der Waals surface area contributed by atoms with Gasteiger partial charge in [-0.2, -0.15) is 0 Å². The highest BCUT2D eigenvalue weighted by atomic mass is 16.2. The number of carbonyl (C=O) groups is 8. The molecule has 0 radical (unpaired) electrons. The lowest BCUT2D eigenvalue weighted by Gasteiger charge is -2.03. The second-order valence-electron chi connectivity index (χ2n) is 6.70. The van der Waals surface area contributed by atoms with Crippen LogP contribution in [0.15, 0.2) is 60.7 Å². The third-order valence-corrected chi connectivity index (χ3v) is 4.29. The summed E-state index contributed by atoms with van der Waals surface area (Å²) in [6, 6.07) is 6.49. The predicted molar refractivity (Wildman–Crippen MR) is 113 cm³/mol. The molecule has 0 bridgehead atoms. The zero-order chi connectivity index (χ0) is 24.8. The Hall–Kier alpha value is -5.26. The summed E-state index contributed by atoms with van der Waals surface area (Å²) in [7, 11) is 0. The van der Waals surface area contributed by atoms with Crippen LogP contribution >= 0.6 is 0 Å². The Bertz CT molecular complexity index is 1150. The largest absolute Gasteiger partial charge is 0.289 e. The summed E-state index contributed by atoms with van der Waals surface area (Å²) < 4.78 is 0. The number of hydrogen-bond acceptors (Lipinski definition) is 8. The number of benzene rings is 1. The average molecular weight is 462 g/mol. The van der Waals surface area contributed by atoms with Crippen molar-refractivity contribution in [3.63, 3.8) is 0 Å². The number of carbonyl (C=O) groups excluding carboxylic acids is 8. The molecule has 4 N–H and O–H groups in total. The quantitative estimate of drug-likeness (QED) is 0.370. The first-order chi connectivity index (χ1) is 16.1. The van der Waals surface area contributed by atoms with Gasteiger partial charge >= 0.3 is 0 Å². The number of rotatable bonds is 2. The minimum absolute atomic E-state index is 0.280. The maximum Gasteiger partial charge on any atom is 0.258 e. The van der Waals surface area contributed by atoms with Gasteiger partial charge in [-0.05, 0) is 11.1 Å². The zero-order valence-corrected chi connectivity index (χ0v) is 17.0. The molecule has 4 heterocycles. The number of nitrogens with one attached hydrogen (secondary N) is 4. The molecule has 0 aromatic heterocycles. The fraction of sp³-hybridized carbons (Fsp3) is 0. The molecule has 0 saturated heterocycles. The number of imide groups is 4. The van der Waals surface area contributed by atoms with Crippen molar-refractivity contribution in [2.75, 3.05) is 0 Å². The molecule has 34 heavy (non-hydrogen) atoms. The monoisotopic (exact) mass is 462 g/mol. The Kier molecular flexibility index (Phi) is 6.82. The third kappa shape index (κ3) is 5.91. The van der Waals surface area contributed by atoms with Gasteiger partial charge < -0.3 is 0 Å². The second-order valence-corrected chi connectivity index (χ2v) is 6.70. The topological polar surface area (TPSA) is 185 Å². The van der Waals surface area contributed by atoms with Gasteiger partial charge in [0.25, 0.3) is 47.3 Å². The molecule has 0 unspecified atom stereocenters. The average Bonchev–Trinajstić information content (AvgIpc) is 3.53. The Balaban J connectivity index is 0.000000188. The van der Waals surface area contributed by atoms with Gasteiger partial charge in [0.1, 0.15) is 0 Å². The van der Waals surface area contributed by atoms with Gasteiger partial charge in [-0.25, -0.2) is 0 Å². The van der Waals surface area contributed by atoms with Crippen LogP contribution in [0.1, 0.15) is 11.1 Å². The Labute approximate surface area is 190 Å². The summed E-state index contributed by atoms with van der Waals surface area (Å²) in [4.78, 5) is 85.3. The van der Waals surface area contributed by atoms with Crippen LogP contribution < -0.4 is 21.3 Å². The van der Waals surface area contributed by atoms with Gasteiger partial charge in [0, 0.05) is 36.5 Å². The van der Waals surface area contributed by atoms with E-state index in [1.807, 2.05) is 10.6 Å². The summed E-state index contributed by atoms with van der Waals surface area (Å²) in [5, 5.41) is 8.37. The fourth-order valence-corrected chi connectivity index (χ4v) is 2.79. The van der Waals surface area contributed by atoms with Gasteiger partial charge in [-0.3, -0.25) is 59.6 Å². The van der Waals surface area contributed by atoms with Gasteiger partial charge in [-0.1, -0.05) is 24.3 Å². The minimum atomic E-state index is -0.448. The lowest BCUT2D eigenvalue weighted by molar-refractivity contribution is -0.125. The summed E-state index contributed by atoms with van der Waals surface area (Å²) in [5.41, 5.74) is 1.70. The molecule has 1 aromatic carbocycles. The van der Waals surface area contributed by atoms with Crippen LogP contribution in [0, 0.1) is 0 Å². The Morgan fingerprint density at radius 2 is 0.676 bits per heavy atom. The molecule has 4 aliphatic heterocycles. The number of hydrogen-bond donors (Lipinski definition) is 4. The van der Waals surface area contributed by atoms with Crippen molar-refractivity contribution < 1.29 is 38.4 Å². The normalized spacial score (nSPS) is 17.8. The molecule has 4 aliphatic rings. The van der Waals surface area contributed by atoms with Crippen LogP contribution in [0.4, 0.5) is 0 Å². The van der Waals surface area contributed by atoms with Crippen molar-refractivity contribution in [1.29, 1.82) is 0 Å². The molecule has 0 atom stereocenters. The summed E-state index contributed by atoms with van der Waals surface area (Å²) in [6.07, 6.45) is 7.24. The van der Waals surface area contributed by atoms with Crippen LogP contribution in [0.3, 0.4) is 0 Å². The lowest BCUT2D eigenvalue weighted by Crippen LogP contribution is -2.22. The van der Waals surface area contributed by atoms with E-state index >= 15 is 0 Å². The van der Waals surface area contributed by atoms with Gasteiger partial charge in [-0.15, -0.1) is 0 Å². The Morgan fingerprint density at radius 3 is 0.853 bits per heavy atom. The van der Waals surface area contributed by atoms with E-state index in [1.165, 1.54) is 36.5 Å². The summed E-state index contributed by atoms with van der Waals surface area (Å²) in [5.74, 6) is -3.10. The van der Waals surface area contributed by atoms with E-state index in [-0.39, 0.29) is 34.8 Å².